The maximum Gasteiger partial charge on any atom is 0.319 e. The Labute approximate surface area is 94.2 Å². The van der Waals surface area contributed by atoms with Crippen LogP contribution in [0.3, 0.4) is 0 Å². The Hall–Kier alpha value is -1.62. The Kier molecular flexibility index (Phi) is 2.55. The van der Waals surface area contributed by atoms with Crippen LogP contribution in [0.2, 0.25) is 0 Å². The Balaban J connectivity index is 2.26. The number of benzene rings is 1. The van der Waals surface area contributed by atoms with Crippen molar-refractivity contribution in [2.45, 2.75) is 13.8 Å². The molecule has 0 atom stereocenters. The lowest BCUT2D eigenvalue weighted by atomic mass is 10.2. The molecule has 5 heteroatoms. The minimum absolute atomic E-state index is 0.204. The van der Waals surface area contributed by atoms with E-state index in [-0.39, 0.29) is 10.1 Å². The number of hydrogen-bond acceptors (Lipinski definition) is 4. The fourth-order valence-electron chi connectivity index (χ4n) is 1.28. The Morgan fingerprint density at radius 3 is 2.56 bits per heavy atom. The first kappa shape index (κ1) is 10.9. The molecular weight excluding hydrogens is 226 g/mol. The number of ether oxygens (including phenoxy) is 1. The summed E-state index contributed by atoms with van der Waals surface area (Å²) in [7, 11) is -3.49. The number of hydrogen-bond donors (Lipinski definition) is 0. The van der Waals surface area contributed by atoms with Crippen LogP contribution in [0, 0.1) is 6.92 Å². The van der Waals surface area contributed by atoms with Gasteiger partial charge < -0.3 is 4.74 Å². The van der Waals surface area contributed by atoms with Crippen molar-refractivity contribution in [3.05, 3.63) is 40.9 Å². The van der Waals surface area contributed by atoms with Crippen molar-refractivity contribution >= 4 is 15.1 Å². The van der Waals surface area contributed by atoms with Gasteiger partial charge in [-0.2, -0.15) is 0 Å². The maximum atomic E-state index is 11.7. The molecule has 16 heavy (non-hydrogen) atoms. The highest BCUT2D eigenvalue weighted by molar-refractivity contribution is 8.09. The lowest BCUT2D eigenvalue weighted by molar-refractivity contribution is 0.549. The molecule has 0 saturated carbocycles. The SMILES string of the molecule is CC1=CN=C(Oc2cccc(C)c2)S1(=O)=O. The van der Waals surface area contributed by atoms with Gasteiger partial charge >= 0.3 is 5.23 Å². The molecule has 0 fully saturated rings. The summed E-state index contributed by atoms with van der Waals surface area (Å²) >= 11 is 0. The molecule has 2 rings (SSSR count). The van der Waals surface area contributed by atoms with Crippen LogP contribution in [0.15, 0.2) is 40.4 Å². The molecule has 0 aromatic heterocycles. The smallest absolute Gasteiger partial charge is 0.319 e. The summed E-state index contributed by atoms with van der Waals surface area (Å²) in [5.41, 5.74) is 0.998. The molecule has 4 nitrogen and oxygen atoms in total. The highest BCUT2D eigenvalue weighted by atomic mass is 32.2. The number of aryl methyl sites for hydroxylation is 1. The van der Waals surface area contributed by atoms with Gasteiger partial charge in [0.25, 0.3) is 9.84 Å². The van der Waals surface area contributed by atoms with Crippen molar-refractivity contribution in [2.24, 2.45) is 4.99 Å². The third-order valence-corrected chi connectivity index (χ3v) is 3.80. The molecule has 0 unspecified atom stereocenters. The van der Waals surface area contributed by atoms with E-state index in [1.165, 1.54) is 13.1 Å². The van der Waals surface area contributed by atoms with E-state index in [0.717, 1.165) is 5.56 Å². The Morgan fingerprint density at radius 1 is 1.25 bits per heavy atom. The molecule has 0 spiro atoms. The molecule has 1 aliphatic rings. The second-order valence-corrected chi connectivity index (χ2v) is 5.56. The number of aliphatic imine (C=N–C) groups is 1. The molecule has 1 heterocycles. The van der Waals surface area contributed by atoms with Gasteiger partial charge in [0, 0.05) is 6.20 Å². The van der Waals surface area contributed by atoms with Crippen LogP contribution in [0.25, 0.3) is 0 Å². The van der Waals surface area contributed by atoms with Gasteiger partial charge in [-0.3, -0.25) is 0 Å². The molecule has 1 aromatic carbocycles. The summed E-state index contributed by atoms with van der Waals surface area (Å²) in [6.45, 7) is 3.40. The molecule has 1 aromatic rings. The van der Waals surface area contributed by atoms with E-state index >= 15 is 0 Å². The average Bonchev–Trinajstić information content (AvgIpc) is 2.45. The largest absolute Gasteiger partial charge is 0.430 e. The predicted molar refractivity (Wildman–Crippen MR) is 61.9 cm³/mol. The van der Waals surface area contributed by atoms with Crippen LogP contribution in [-0.2, 0) is 9.84 Å². The molecule has 0 N–H and O–H groups in total. The fraction of sp³-hybridized carbons (Fsp3) is 0.182. The number of rotatable bonds is 1. The van der Waals surface area contributed by atoms with Gasteiger partial charge in [0.1, 0.15) is 5.75 Å². The van der Waals surface area contributed by atoms with E-state index in [2.05, 4.69) is 4.99 Å². The second kappa shape index (κ2) is 3.75. The monoisotopic (exact) mass is 237 g/mol. The molecule has 0 bridgehead atoms. The van der Waals surface area contributed by atoms with Gasteiger partial charge in [-0.25, -0.2) is 13.4 Å². The van der Waals surface area contributed by atoms with Crippen molar-refractivity contribution < 1.29 is 13.2 Å². The number of allylic oxidation sites excluding steroid dienone is 1. The first-order chi connectivity index (χ1) is 7.50. The molecule has 1 aliphatic heterocycles. The van der Waals surface area contributed by atoms with Crippen LogP contribution in [-0.4, -0.2) is 13.6 Å². The summed E-state index contributed by atoms with van der Waals surface area (Å²) in [4.78, 5) is 3.94. The standard InChI is InChI=1S/C11H11NO3S/c1-8-4-3-5-10(6-8)15-11-12-7-9(2)16(11,13)14/h3-7H,1-2H3. The van der Waals surface area contributed by atoms with E-state index in [0.29, 0.717) is 5.75 Å². The molecule has 0 aliphatic carbocycles. The van der Waals surface area contributed by atoms with Crippen LogP contribution in [0.1, 0.15) is 12.5 Å². The van der Waals surface area contributed by atoms with E-state index < -0.39 is 9.84 Å². The van der Waals surface area contributed by atoms with E-state index in [1.54, 1.807) is 18.2 Å². The minimum atomic E-state index is -3.49. The van der Waals surface area contributed by atoms with Gasteiger partial charge in [0.2, 0.25) is 0 Å². The van der Waals surface area contributed by atoms with E-state index in [9.17, 15) is 8.42 Å². The van der Waals surface area contributed by atoms with Gasteiger partial charge in [0.05, 0.1) is 4.91 Å². The van der Waals surface area contributed by atoms with Gasteiger partial charge in [-0.05, 0) is 31.5 Å². The number of sulfone groups is 1. The minimum Gasteiger partial charge on any atom is -0.430 e. The van der Waals surface area contributed by atoms with Crippen LogP contribution in [0.4, 0.5) is 0 Å². The Bertz CT molecular complexity index is 585. The summed E-state index contributed by atoms with van der Waals surface area (Å²) in [5.74, 6) is 0.477. The maximum absolute atomic E-state index is 11.7. The lowest BCUT2D eigenvalue weighted by Gasteiger charge is -2.05. The second-order valence-electron chi connectivity index (χ2n) is 3.56. The van der Waals surface area contributed by atoms with E-state index in [4.69, 9.17) is 4.74 Å². The molecule has 84 valence electrons. The highest BCUT2D eigenvalue weighted by Gasteiger charge is 2.28. The molecule has 0 saturated heterocycles. The van der Waals surface area contributed by atoms with Crippen molar-refractivity contribution in [3.63, 3.8) is 0 Å². The van der Waals surface area contributed by atoms with Crippen molar-refractivity contribution in [1.29, 1.82) is 0 Å². The van der Waals surface area contributed by atoms with Gasteiger partial charge in [0.15, 0.2) is 0 Å². The summed E-state index contributed by atoms with van der Waals surface area (Å²) in [5, 5.41) is -0.254. The highest BCUT2D eigenvalue weighted by Crippen LogP contribution is 2.20. The topological polar surface area (TPSA) is 55.7 Å². The van der Waals surface area contributed by atoms with Crippen molar-refractivity contribution in [3.8, 4) is 5.75 Å². The molecular formula is C11H11NO3S. The summed E-state index contributed by atoms with van der Waals surface area (Å²) < 4.78 is 28.6. The average molecular weight is 237 g/mol. The van der Waals surface area contributed by atoms with Gasteiger partial charge in [-0.1, -0.05) is 12.1 Å². The van der Waals surface area contributed by atoms with Crippen LogP contribution in [0.5, 0.6) is 5.75 Å². The quantitative estimate of drug-likeness (QED) is 0.750. The lowest BCUT2D eigenvalue weighted by Crippen LogP contribution is -2.18. The van der Waals surface area contributed by atoms with Crippen LogP contribution >= 0.6 is 0 Å². The normalized spacial score (nSPS) is 17.9. The zero-order valence-electron chi connectivity index (χ0n) is 8.97. The predicted octanol–water partition coefficient (Wildman–Crippen LogP) is 2.02. The zero-order valence-corrected chi connectivity index (χ0v) is 9.78. The third kappa shape index (κ3) is 1.86. The fourth-order valence-corrected chi connectivity index (χ4v) is 2.15. The zero-order chi connectivity index (χ0) is 11.8. The van der Waals surface area contributed by atoms with E-state index in [1.807, 2.05) is 13.0 Å². The molecule has 0 amide bonds. The summed E-state index contributed by atoms with van der Waals surface area (Å²) in [6.07, 6.45) is 1.29. The summed E-state index contributed by atoms with van der Waals surface area (Å²) in [6, 6.07) is 7.15. The first-order valence-corrected chi connectivity index (χ1v) is 6.22. The first-order valence-electron chi connectivity index (χ1n) is 4.74. The Morgan fingerprint density at radius 2 is 2.00 bits per heavy atom. The number of nitrogens with zero attached hydrogens (tertiary/aromatic N) is 1. The van der Waals surface area contributed by atoms with Crippen LogP contribution < -0.4 is 4.74 Å². The van der Waals surface area contributed by atoms with Gasteiger partial charge in [-0.15, -0.1) is 0 Å². The van der Waals surface area contributed by atoms with Crippen molar-refractivity contribution in [1.82, 2.24) is 0 Å². The molecule has 0 radical (unpaired) electrons. The third-order valence-electron chi connectivity index (χ3n) is 2.20. The van der Waals surface area contributed by atoms with Crippen molar-refractivity contribution in [2.75, 3.05) is 0 Å².